The second-order valence-corrected chi connectivity index (χ2v) is 4.45. The minimum atomic E-state index is -0.313. The van der Waals surface area contributed by atoms with Crippen LogP contribution in [-0.2, 0) is 0 Å². The van der Waals surface area contributed by atoms with Crippen molar-refractivity contribution in [2.24, 2.45) is 0 Å². The van der Waals surface area contributed by atoms with Crippen LogP contribution in [0.1, 0.15) is 5.56 Å². The molecule has 0 fully saturated rings. The number of hydrogen-bond acceptors (Lipinski definition) is 1. The zero-order valence-corrected chi connectivity index (χ0v) is 10.5. The molecule has 94 valence electrons. The molecule has 2 aromatic carbocycles. The first-order valence-corrected chi connectivity index (χ1v) is 6.12. The summed E-state index contributed by atoms with van der Waals surface area (Å²) >= 11 is 0. The molecule has 0 saturated carbocycles. The van der Waals surface area contributed by atoms with E-state index in [0.717, 1.165) is 16.8 Å². The Bertz CT molecular complexity index is 685. The van der Waals surface area contributed by atoms with Crippen molar-refractivity contribution in [1.29, 1.82) is 0 Å². The van der Waals surface area contributed by atoms with Gasteiger partial charge in [0.25, 0.3) is 0 Å². The van der Waals surface area contributed by atoms with Crippen LogP contribution in [0.2, 0.25) is 0 Å². The third kappa shape index (κ3) is 2.15. The van der Waals surface area contributed by atoms with Gasteiger partial charge in [0.2, 0.25) is 0 Å². The highest BCUT2D eigenvalue weighted by molar-refractivity contribution is 5.62. The molecule has 1 aromatic heterocycles. The molecule has 0 N–H and O–H groups in total. The Kier molecular flexibility index (Phi) is 2.88. The molecule has 0 unspecified atom stereocenters. The van der Waals surface area contributed by atoms with Crippen molar-refractivity contribution in [2.75, 3.05) is 0 Å². The molecule has 3 rings (SSSR count). The minimum absolute atomic E-state index is 0.313. The highest BCUT2D eigenvalue weighted by Crippen LogP contribution is 2.25. The fraction of sp³-hybridized carbons (Fsp3) is 0.0625. The van der Waals surface area contributed by atoms with E-state index < -0.39 is 0 Å². The van der Waals surface area contributed by atoms with E-state index in [-0.39, 0.29) is 5.82 Å². The van der Waals surface area contributed by atoms with Gasteiger partial charge in [0.15, 0.2) is 5.82 Å². The molecule has 3 heteroatoms. The minimum Gasteiger partial charge on any atom is -0.230 e. The molecule has 0 aliphatic carbocycles. The molecule has 0 atom stereocenters. The number of benzene rings is 2. The average molecular weight is 252 g/mol. The molecule has 0 saturated heterocycles. The molecular formula is C16H13FN2. The highest BCUT2D eigenvalue weighted by Gasteiger charge is 2.13. The maximum Gasteiger partial charge on any atom is 0.169 e. The highest BCUT2D eigenvalue weighted by atomic mass is 19.1. The fourth-order valence-corrected chi connectivity index (χ4v) is 2.07. The van der Waals surface area contributed by atoms with Crippen molar-refractivity contribution in [3.05, 3.63) is 72.2 Å². The smallest absolute Gasteiger partial charge is 0.169 e. The molecule has 0 radical (unpaired) electrons. The monoisotopic (exact) mass is 252 g/mol. The predicted molar refractivity (Wildman–Crippen MR) is 73.7 cm³/mol. The lowest BCUT2D eigenvalue weighted by Crippen LogP contribution is -1.99. The van der Waals surface area contributed by atoms with Gasteiger partial charge in [-0.25, -0.2) is 9.07 Å². The number of halogens is 1. The first-order chi connectivity index (χ1) is 9.25. The zero-order valence-electron chi connectivity index (χ0n) is 10.5. The van der Waals surface area contributed by atoms with Crippen LogP contribution in [0.4, 0.5) is 4.39 Å². The molecule has 19 heavy (non-hydrogen) atoms. The summed E-state index contributed by atoms with van der Waals surface area (Å²) in [5.74, 6) is -0.313. The van der Waals surface area contributed by atoms with Crippen LogP contribution >= 0.6 is 0 Å². The lowest BCUT2D eigenvalue weighted by Gasteiger charge is -2.08. The Morgan fingerprint density at radius 1 is 0.947 bits per heavy atom. The summed E-state index contributed by atoms with van der Waals surface area (Å²) in [5.41, 5.74) is 3.33. The zero-order chi connectivity index (χ0) is 13.2. The van der Waals surface area contributed by atoms with E-state index in [1.165, 1.54) is 6.20 Å². The lowest BCUT2D eigenvalue weighted by atomic mass is 10.1. The van der Waals surface area contributed by atoms with Crippen LogP contribution in [0.5, 0.6) is 0 Å². The van der Waals surface area contributed by atoms with E-state index in [0.29, 0.717) is 5.69 Å². The van der Waals surface area contributed by atoms with Crippen LogP contribution in [0.3, 0.4) is 0 Å². The van der Waals surface area contributed by atoms with Crippen LogP contribution in [-0.4, -0.2) is 9.78 Å². The van der Waals surface area contributed by atoms with Crippen molar-refractivity contribution in [1.82, 2.24) is 9.78 Å². The summed E-state index contributed by atoms with van der Waals surface area (Å²) < 4.78 is 15.6. The van der Waals surface area contributed by atoms with Gasteiger partial charge in [-0.2, -0.15) is 5.10 Å². The molecule has 0 spiro atoms. The number of rotatable bonds is 2. The van der Waals surface area contributed by atoms with Crippen molar-refractivity contribution in [3.63, 3.8) is 0 Å². The van der Waals surface area contributed by atoms with Crippen LogP contribution < -0.4 is 0 Å². The van der Waals surface area contributed by atoms with Crippen molar-refractivity contribution < 1.29 is 4.39 Å². The van der Waals surface area contributed by atoms with E-state index in [9.17, 15) is 4.39 Å². The lowest BCUT2D eigenvalue weighted by molar-refractivity contribution is 0.631. The Morgan fingerprint density at radius 2 is 1.63 bits per heavy atom. The Labute approximate surface area is 111 Å². The van der Waals surface area contributed by atoms with E-state index in [4.69, 9.17) is 0 Å². The van der Waals surface area contributed by atoms with Gasteiger partial charge in [0, 0.05) is 5.56 Å². The number of aromatic nitrogens is 2. The molecule has 0 bridgehead atoms. The normalized spacial score (nSPS) is 10.6. The van der Waals surface area contributed by atoms with Crippen molar-refractivity contribution in [2.45, 2.75) is 6.92 Å². The topological polar surface area (TPSA) is 17.8 Å². The van der Waals surface area contributed by atoms with Crippen LogP contribution in [0.25, 0.3) is 16.9 Å². The fourth-order valence-electron chi connectivity index (χ4n) is 2.07. The molecule has 0 amide bonds. The number of aryl methyl sites for hydroxylation is 1. The average Bonchev–Trinajstić information content (AvgIpc) is 2.82. The number of hydrogen-bond donors (Lipinski definition) is 0. The largest absolute Gasteiger partial charge is 0.230 e. The van der Waals surface area contributed by atoms with E-state index >= 15 is 0 Å². The van der Waals surface area contributed by atoms with Gasteiger partial charge in [-0.3, -0.25) is 0 Å². The number of nitrogens with zero attached hydrogens (tertiary/aromatic N) is 2. The maximum atomic E-state index is 14.0. The van der Waals surface area contributed by atoms with E-state index in [2.05, 4.69) is 5.10 Å². The third-order valence-corrected chi connectivity index (χ3v) is 3.05. The summed E-state index contributed by atoms with van der Waals surface area (Å²) in [4.78, 5) is 0. The first-order valence-electron chi connectivity index (χ1n) is 6.12. The molecule has 1 heterocycles. The Morgan fingerprint density at radius 3 is 2.32 bits per heavy atom. The van der Waals surface area contributed by atoms with Gasteiger partial charge in [0.1, 0.15) is 5.69 Å². The van der Waals surface area contributed by atoms with E-state index in [1.54, 1.807) is 4.68 Å². The van der Waals surface area contributed by atoms with Gasteiger partial charge in [-0.05, 0) is 19.1 Å². The second kappa shape index (κ2) is 4.69. The third-order valence-electron chi connectivity index (χ3n) is 3.05. The van der Waals surface area contributed by atoms with Gasteiger partial charge in [-0.15, -0.1) is 0 Å². The Balaban J connectivity index is 2.16. The van der Waals surface area contributed by atoms with Crippen molar-refractivity contribution >= 4 is 0 Å². The summed E-state index contributed by atoms with van der Waals surface area (Å²) in [7, 11) is 0. The predicted octanol–water partition coefficient (Wildman–Crippen LogP) is 3.99. The molecular weight excluding hydrogens is 239 g/mol. The molecule has 0 aliphatic rings. The van der Waals surface area contributed by atoms with Crippen LogP contribution in [0.15, 0.2) is 60.8 Å². The summed E-state index contributed by atoms with van der Waals surface area (Å²) in [6, 6.07) is 17.3. The molecule has 3 aromatic rings. The standard InChI is InChI=1S/C16H13FN2/c1-12-7-9-14(10-8-12)19-16(15(17)11-18-19)13-5-3-2-4-6-13/h2-11H,1H3. The second-order valence-electron chi connectivity index (χ2n) is 4.45. The van der Waals surface area contributed by atoms with E-state index in [1.807, 2.05) is 61.5 Å². The maximum absolute atomic E-state index is 14.0. The molecule has 2 nitrogen and oxygen atoms in total. The quantitative estimate of drug-likeness (QED) is 0.674. The van der Waals surface area contributed by atoms with Crippen LogP contribution in [0, 0.1) is 12.7 Å². The van der Waals surface area contributed by atoms with Gasteiger partial charge in [-0.1, -0.05) is 48.0 Å². The Hall–Kier alpha value is -2.42. The summed E-state index contributed by atoms with van der Waals surface area (Å²) in [5, 5.41) is 4.13. The molecule has 0 aliphatic heterocycles. The first kappa shape index (κ1) is 11.7. The van der Waals surface area contributed by atoms with Gasteiger partial charge < -0.3 is 0 Å². The van der Waals surface area contributed by atoms with Gasteiger partial charge in [0.05, 0.1) is 11.9 Å². The van der Waals surface area contributed by atoms with Crippen molar-refractivity contribution in [3.8, 4) is 16.9 Å². The summed E-state index contributed by atoms with van der Waals surface area (Å²) in [6.07, 6.45) is 1.25. The summed E-state index contributed by atoms with van der Waals surface area (Å²) in [6.45, 7) is 2.02. The van der Waals surface area contributed by atoms with Gasteiger partial charge >= 0.3 is 0 Å². The SMILES string of the molecule is Cc1ccc(-n2ncc(F)c2-c2ccccc2)cc1.